The van der Waals surface area contributed by atoms with Crippen LogP contribution in [0.15, 0.2) is 45.1 Å². The summed E-state index contributed by atoms with van der Waals surface area (Å²) in [5.41, 5.74) is 3.51. The first-order valence-electron chi connectivity index (χ1n) is 14.6. The van der Waals surface area contributed by atoms with Crippen molar-refractivity contribution in [1.29, 1.82) is 0 Å². The van der Waals surface area contributed by atoms with Gasteiger partial charge >= 0.3 is 0 Å². The van der Waals surface area contributed by atoms with Gasteiger partial charge in [-0.15, -0.1) is 34.8 Å². The van der Waals surface area contributed by atoms with Crippen molar-refractivity contribution in [3.63, 3.8) is 0 Å². The predicted molar refractivity (Wildman–Crippen MR) is 283 cm³/mol. The highest BCUT2D eigenvalue weighted by atomic mass is 79.9. The van der Waals surface area contributed by atoms with E-state index < -0.39 is 35.6 Å². The van der Waals surface area contributed by atoms with Gasteiger partial charge in [-0.3, -0.25) is 0 Å². The number of fused-ring (bicyclic) bond motifs is 6. The van der Waals surface area contributed by atoms with Gasteiger partial charge in [-0.05, 0) is 36.0 Å². The first kappa shape index (κ1) is 46.9. The Hall–Kier alpha value is 7.95. The highest BCUT2D eigenvalue weighted by Crippen LogP contribution is 2.81. The molecule has 51 heavy (non-hydrogen) atoms. The fourth-order valence-corrected chi connectivity index (χ4v) is 33.9. The normalized spacial score (nSPS) is 48.6. The molecule has 0 amide bonds. The maximum Gasteiger partial charge on any atom is 0.122 e. The molecule has 7 rings (SSSR count). The molecule has 0 nitrogen and oxygen atoms in total. The van der Waals surface area contributed by atoms with Crippen LogP contribution in [0.5, 0.6) is 0 Å². The molecule has 1 aromatic rings. The molecule has 1 aromatic carbocycles. The van der Waals surface area contributed by atoms with Crippen LogP contribution in [0.3, 0.4) is 0 Å². The largest absolute Gasteiger partial charge is 0.122 e. The van der Waals surface area contributed by atoms with Crippen LogP contribution in [0.4, 0.5) is 0 Å². The summed E-state index contributed by atoms with van der Waals surface area (Å²) in [6.07, 6.45) is 2.09. The van der Waals surface area contributed by atoms with Crippen LogP contribution in [-0.2, 0) is 19.3 Å². The SMILES string of the molecule is ClC1C(Cc2cc(CC3C(Cl)C4(Br)C(Br)=C(Br)C3(Br)C4(Br)Br)cc(CC3C(Cl)C4(Br)C(Br)=C(Br)C3(Br)C4(Br)Br)c2)C2(Br)C(Br)=C(Br)C1(Br)C2(Br)Br. The van der Waals surface area contributed by atoms with Crippen LogP contribution in [-0.4, -0.2) is 51.8 Å². The first-order valence-corrected chi connectivity index (χ1v) is 30.1. The summed E-state index contributed by atoms with van der Waals surface area (Å²) in [4.78, 5) is 0. The molecule has 0 heterocycles. The van der Waals surface area contributed by atoms with Crippen molar-refractivity contribution in [2.24, 2.45) is 17.8 Å². The summed E-state index contributed by atoms with van der Waals surface area (Å²) in [6, 6.07) is 6.95. The molecule has 21 heteroatoms. The van der Waals surface area contributed by atoms with E-state index in [9.17, 15) is 0 Å². The highest BCUT2D eigenvalue weighted by Gasteiger charge is 2.82. The molecular weight excluding hydrogens is 1900 g/mol. The van der Waals surface area contributed by atoms with E-state index in [1.54, 1.807) is 0 Å². The van der Waals surface area contributed by atoms with Crippen molar-refractivity contribution in [3.8, 4) is 0 Å². The minimum Gasteiger partial charge on any atom is -0.121 e. The molecule has 0 saturated heterocycles. The van der Waals surface area contributed by atoms with Gasteiger partial charge in [0.15, 0.2) is 0 Å². The van der Waals surface area contributed by atoms with Crippen molar-refractivity contribution >= 4 is 322 Å². The topological polar surface area (TPSA) is 0 Å². The van der Waals surface area contributed by atoms with Crippen LogP contribution in [0, 0.1) is 17.8 Å². The van der Waals surface area contributed by atoms with Crippen LogP contribution in [0.2, 0.25) is 0 Å². The Morgan fingerprint density at radius 2 is 0.529 bits per heavy atom. The molecule has 0 aliphatic heterocycles. The summed E-state index contributed by atoms with van der Waals surface area (Å²) in [7, 11) is 0. The zero-order valence-electron chi connectivity index (χ0n) is 24.3. The minimum absolute atomic E-state index is 0.0270. The summed E-state index contributed by atoms with van der Waals surface area (Å²) in [5.74, 6) is -0.0811. The number of alkyl halides is 15. The standard InChI is InChI=1S/C30H15Br18Cl3/c31-13-16(34)25(40)19(49)10(22(13,37)28(25,43)44)4-7-1-8(5-11-20(50)26(41)17(35)14(32)23(11,38)29(26,45)46)3-9(2-7)6-12-21(51)27(42)18(36)15(33)24(12,39)30(27,47)48/h1-3,10-12,19-21H,4-6H2. The number of hydrogen-bond acceptors (Lipinski definition) is 0. The van der Waals surface area contributed by atoms with Gasteiger partial charge < -0.3 is 0 Å². The van der Waals surface area contributed by atoms with Gasteiger partial charge in [-0.2, -0.15) is 0 Å². The monoisotopic (exact) mass is 1900 g/mol. The van der Waals surface area contributed by atoms with Gasteiger partial charge in [0.1, 0.15) is 22.7 Å². The Bertz CT molecular complexity index is 1660. The van der Waals surface area contributed by atoms with Gasteiger partial charge in [0.05, 0.1) is 29.1 Å². The summed E-state index contributed by atoms with van der Waals surface area (Å²) in [6.45, 7) is 0. The molecule has 0 spiro atoms. The first-order chi connectivity index (χ1) is 23.1. The molecule has 6 bridgehead atoms. The van der Waals surface area contributed by atoms with Crippen molar-refractivity contribution in [1.82, 2.24) is 0 Å². The molecule has 12 unspecified atom stereocenters. The van der Waals surface area contributed by atoms with E-state index in [-0.39, 0.29) is 33.9 Å². The van der Waals surface area contributed by atoms with Crippen molar-refractivity contribution in [2.45, 2.75) is 71.0 Å². The lowest BCUT2D eigenvalue weighted by atomic mass is 9.81. The van der Waals surface area contributed by atoms with Gasteiger partial charge in [0, 0.05) is 44.6 Å². The third-order valence-electron chi connectivity index (χ3n) is 11.4. The second-order valence-electron chi connectivity index (χ2n) is 13.7. The smallest absolute Gasteiger partial charge is 0.121 e. The van der Waals surface area contributed by atoms with E-state index in [0.29, 0.717) is 19.3 Å². The lowest BCUT2D eigenvalue weighted by molar-refractivity contribution is 0.477. The second kappa shape index (κ2) is 14.7. The quantitative estimate of drug-likeness (QED) is 0.249. The predicted octanol–water partition coefficient (Wildman–Crippen LogP) is 18.3. The molecule has 0 N–H and O–H groups in total. The molecule has 12 atom stereocenters. The van der Waals surface area contributed by atoms with E-state index in [2.05, 4.69) is 305 Å². The van der Waals surface area contributed by atoms with Crippen molar-refractivity contribution < 1.29 is 0 Å². The number of benzene rings is 1. The zero-order chi connectivity index (χ0) is 38.4. The molecule has 3 saturated carbocycles. The Balaban J connectivity index is 1.33. The Kier molecular flexibility index (Phi) is 13.6. The van der Waals surface area contributed by atoms with Crippen molar-refractivity contribution in [2.75, 3.05) is 0 Å². The van der Waals surface area contributed by atoms with Crippen LogP contribution in [0.25, 0.3) is 0 Å². The number of halogens is 21. The highest BCUT2D eigenvalue weighted by molar-refractivity contribution is 9.29. The molecule has 0 aromatic heterocycles. The van der Waals surface area contributed by atoms with Crippen LogP contribution >= 0.6 is 322 Å². The molecule has 0 radical (unpaired) electrons. The zero-order valence-corrected chi connectivity index (χ0v) is 55.1. The van der Waals surface area contributed by atoms with Crippen LogP contribution in [0.1, 0.15) is 16.7 Å². The van der Waals surface area contributed by atoms with Gasteiger partial charge in [0.25, 0.3) is 0 Å². The third-order valence-corrected chi connectivity index (χ3v) is 48.1. The van der Waals surface area contributed by atoms with E-state index in [4.69, 9.17) is 34.8 Å². The van der Waals surface area contributed by atoms with E-state index in [1.807, 2.05) is 0 Å². The fraction of sp³-hybridized carbons (Fsp3) is 0.600. The average Bonchev–Trinajstić information content (AvgIpc) is 3.45. The van der Waals surface area contributed by atoms with Gasteiger partial charge in [-0.1, -0.05) is 305 Å². The molecule has 282 valence electrons. The number of rotatable bonds is 6. The number of hydrogen-bond donors (Lipinski definition) is 0. The van der Waals surface area contributed by atoms with E-state index >= 15 is 0 Å². The lowest BCUT2D eigenvalue weighted by Crippen LogP contribution is -2.43. The van der Waals surface area contributed by atoms with Gasteiger partial charge in [0.2, 0.25) is 0 Å². The molecule has 6 aliphatic carbocycles. The van der Waals surface area contributed by atoms with Gasteiger partial charge in [-0.25, -0.2) is 0 Å². The summed E-state index contributed by atoms with van der Waals surface area (Å²) in [5, 5.41) is -0.850. The molecule has 3 fully saturated rings. The fourth-order valence-electron chi connectivity index (χ4n) is 8.77. The van der Waals surface area contributed by atoms with Crippen molar-refractivity contribution in [3.05, 3.63) is 61.8 Å². The molecular formula is C30H15Br18Cl3. The average molecular weight is 1920 g/mol. The maximum absolute atomic E-state index is 7.44. The van der Waals surface area contributed by atoms with Crippen LogP contribution < -0.4 is 0 Å². The number of allylic oxidation sites excluding steroid dienone is 6. The lowest BCUT2D eigenvalue weighted by Gasteiger charge is -2.37. The Labute approximate surface area is 463 Å². The third kappa shape index (κ3) is 5.48. The van der Waals surface area contributed by atoms with E-state index in [1.165, 1.54) is 16.7 Å². The van der Waals surface area contributed by atoms with E-state index in [0.717, 1.165) is 26.9 Å². The Morgan fingerprint density at radius 1 is 0.353 bits per heavy atom. The minimum atomic E-state index is -0.611. The maximum atomic E-state index is 7.44. The second-order valence-corrected chi connectivity index (χ2v) is 37.7. The summed E-state index contributed by atoms with van der Waals surface area (Å²) >= 11 is 94.4. The summed E-state index contributed by atoms with van der Waals surface area (Å²) < 4.78 is 0.568. The molecule has 6 aliphatic rings. The Morgan fingerprint density at radius 3 is 0.706 bits per heavy atom.